The second kappa shape index (κ2) is 8.74. The molecule has 1 heterocycles. The van der Waals surface area contributed by atoms with Crippen molar-refractivity contribution < 1.29 is 4.74 Å². The normalized spacial score (nSPS) is 11.9. The highest BCUT2D eigenvalue weighted by Crippen LogP contribution is 2.29. The van der Waals surface area contributed by atoms with E-state index >= 15 is 0 Å². The third-order valence-electron chi connectivity index (χ3n) is 4.42. The van der Waals surface area contributed by atoms with Crippen molar-refractivity contribution >= 4 is 23.4 Å². The number of hydrogen-bond donors (Lipinski definition) is 1. The number of allylic oxidation sites excluding steroid dienone is 1. The van der Waals surface area contributed by atoms with Crippen molar-refractivity contribution in [2.75, 3.05) is 7.05 Å². The van der Waals surface area contributed by atoms with E-state index in [1.54, 1.807) is 38.5 Å². The van der Waals surface area contributed by atoms with Crippen molar-refractivity contribution in [1.29, 1.82) is 0 Å². The predicted octanol–water partition coefficient (Wildman–Crippen LogP) is 2.51. The highest BCUT2D eigenvalue weighted by Gasteiger charge is 2.14. The molecular weight excluding hydrogens is 392 g/mol. The van der Waals surface area contributed by atoms with Crippen molar-refractivity contribution in [2.45, 2.75) is 13.5 Å². The lowest BCUT2D eigenvalue weighted by Crippen LogP contribution is -2.23. The van der Waals surface area contributed by atoms with Crippen LogP contribution >= 0.6 is 11.6 Å². The van der Waals surface area contributed by atoms with Gasteiger partial charge in [0.15, 0.2) is 0 Å². The summed E-state index contributed by atoms with van der Waals surface area (Å²) < 4.78 is 8.37. The Hall–Kier alpha value is -3.39. The van der Waals surface area contributed by atoms with E-state index in [0.717, 1.165) is 22.3 Å². The van der Waals surface area contributed by atoms with Gasteiger partial charge >= 0.3 is 5.69 Å². The van der Waals surface area contributed by atoms with Gasteiger partial charge in [-0.3, -0.25) is 4.99 Å². The fourth-order valence-corrected chi connectivity index (χ4v) is 3.07. The van der Waals surface area contributed by atoms with Gasteiger partial charge in [-0.25, -0.2) is 4.79 Å². The van der Waals surface area contributed by atoms with Crippen molar-refractivity contribution in [3.8, 4) is 11.4 Å². The minimum Gasteiger partial charge on any atom is -0.487 e. The SMILES string of the molecule is CN=CC(=CN)c1ccc(OCc2c(C)cccc2-n2nnn(C)c2=O)c(Cl)c1. The lowest BCUT2D eigenvalue weighted by Gasteiger charge is -2.14. The van der Waals surface area contributed by atoms with Crippen LogP contribution in [0.15, 0.2) is 52.4 Å². The molecule has 29 heavy (non-hydrogen) atoms. The minimum atomic E-state index is -0.335. The molecule has 0 aliphatic rings. The first-order valence-electron chi connectivity index (χ1n) is 8.81. The molecule has 2 aromatic carbocycles. The summed E-state index contributed by atoms with van der Waals surface area (Å²) in [5.41, 5.74) is 9.29. The summed E-state index contributed by atoms with van der Waals surface area (Å²) in [5, 5.41) is 8.14. The van der Waals surface area contributed by atoms with Crippen LogP contribution in [0, 0.1) is 6.92 Å². The van der Waals surface area contributed by atoms with Gasteiger partial charge in [0.05, 0.1) is 10.7 Å². The maximum Gasteiger partial charge on any atom is 0.368 e. The lowest BCUT2D eigenvalue weighted by molar-refractivity contribution is 0.305. The maximum atomic E-state index is 12.3. The number of benzene rings is 2. The second-order valence-corrected chi connectivity index (χ2v) is 6.72. The average molecular weight is 413 g/mol. The third-order valence-corrected chi connectivity index (χ3v) is 4.72. The molecule has 0 fully saturated rings. The Bertz CT molecular complexity index is 1150. The van der Waals surface area contributed by atoms with Crippen LogP contribution in [0.2, 0.25) is 5.02 Å². The zero-order valence-electron chi connectivity index (χ0n) is 16.3. The molecule has 1 aromatic heterocycles. The highest BCUT2D eigenvalue weighted by molar-refractivity contribution is 6.32. The van der Waals surface area contributed by atoms with Gasteiger partial charge in [0.25, 0.3) is 0 Å². The summed E-state index contributed by atoms with van der Waals surface area (Å²) in [4.78, 5) is 16.2. The highest BCUT2D eigenvalue weighted by atomic mass is 35.5. The van der Waals surface area contributed by atoms with E-state index in [0.29, 0.717) is 16.5 Å². The summed E-state index contributed by atoms with van der Waals surface area (Å²) in [6.45, 7) is 2.15. The van der Waals surface area contributed by atoms with Crippen LogP contribution in [-0.2, 0) is 13.7 Å². The molecule has 9 heteroatoms. The first-order valence-corrected chi connectivity index (χ1v) is 9.18. The zero-order valence-corrected chi connectivity index (χ0v) is 17.1. The van der Waals surface area contributed by atoms with Crippen LogP contribution in [0.1, 0.15) is 16.7 Å². The molecule has 0 amide bonds. The predicted molar refractivity (Wildman–Crippen MR) is 114 cm³/mol. The van der Waals surface area contributed by atoms with Crippen LogP contribution in [0.3, 0.4) is 0 Å². The molecule has 0 unspecified atom stereocenters. The second-order valence-electron chi connectivity index (χ2n) is 6.31. The van der Waals surface area contributed by atoms with Crippen molar-refractivity contribution in [3.63, 3.8) is 0 Å². The third kappa shape index (κ3) is 4.22. The Morgan fingerprint density at radius 2 is 2.10 bits per heavy atom. The molecule has 150 valence electrons. The van der Waals surface area contributed by atoms with Gasteiger partial charge in [0.1, 0.15) is 12.4 Å². The van der Waals surface area contributed by atoms with E-state index in [1.165, 1.54) is 15.6 Å². The number of aromatic nitrogens is 4. The number of aryl methyl sites for hydroxylation is 2. The lowest BCUT2D eigenvalue weighted by atomic mass is 10.1. The Balaban J connectivity index is 1.89. The minimum absolute atomic E-state index is 0.208. The van der Waals surface area contributed by atoms with Crippen LogP contribution in [-0.4, -0.2) is 33.1 Å². The fraction of sp³-hybridized carbons (Fsp3) is 0.200. The van der Waals surface area contributed by atoms with Crippen LogP contribution < -0.4 is 16.2 Å². The molecular formula is C20H21ClN6O2. The van der Waals surface area contributed by atoms with Crippen LogP contribution in [0.4, 0.5) is 0 Å². The molecule has 2 N–H and O–H groups in total. The molecule has 0 saturated heterocycles. The van der Waals surface area contributed by atoms with Gasteiger partial charge < -0.3 is 10.5 Å². The quantitative estimate of drug-likeness (QED) is 0.627. The molecule has 3 aromatic rings. The number of ether oxygens (including phenoxy) is 1. The Kier molecular flexibility index (Phi) is 6.13. The van der Waals surface area contributed by atoms with Gasteiger partial charge in [-0.05, 0) is 46.7 Å². The maximum absolute atomic E-state index is 12.3. The molecule has 0 bridgehead atoms. The van der Waals surface area contributed by atoms with Crippen LogP contribution in [0.25, 0.3) is 11.3 Å². The summed E-state index contributed by atoms with van der Waals surface area (Å²) >= 11 is 6.40. The summed E-state index contributed by atoms with van der Waals surface area (Å²) in [6, 6.07) is 11.0. The zero-order chi connectivity index (χ0) is 21.0. The molecule has 3 rings (SSSR count). The summed E-state index contributed by atoms with van der Waals surface area (Å²) in [5.74, 6) is 0.515. The number of tetrazole rings is 1. The first-order chi connectivity index (χ1) is 14.0. The van der Waals surface area contributed by atoms with Gasteiger partial charge in [-0.2, -0.15) is 9.36 Å². The largest absolute Gasteiger partial charge is 0.487 e. The van der Waals surface area contributed by atoms with E-state index in [4.69, 9.17) is 22.1 Å². The topological polar surface area (TPSA) is 100 Å². The summed E-state index contributed by atoms with van der Waals surface area (Å²) in [6.07, 6.45) is 3.13. The van der Waals surface area contributed by atoms with E-state index in [1.807, 2.05) is 25.1 Å². The van der Waals surface area contributed by atoms with Gasteiger partial charge in [0.2, 0.25) is 0 Å². The van der Waals surface area contributed by atoms with Gasteiger partial charge in [-0.15, -0.1) is 0 Å². The summed E-state index contributed by atoms with van der Waals surface area (Å²) in [7, 11) is 3.22. The average Bonchev–Trinajstić information content (AvgIpc) is 3.04. The van der Waals surface area contributed by atoms with Gasteiger partial charge in [0, 0.05) is 37.6 Å². The Labute approximate surface area is 172 Å². The first kappa shape index (κ1) is 20.3. The van der Waals surface area contributed by atoms with E-state index < -0.39 is 0 Å². The standard InChI is InChI=1S/C20H21ClN6O2/c1-13-5-4-6-18(27-20(28)26(3)24-25-27)16(13)12-29-19-8-7-14(9-17(19)21)15(10-22)11-23-2/h4-11H,12,22H2,1-3H3. The van der Waals surface area contributed by atoms with Crippen molar-refractivity contribution in [2.24, 2.45) is 17.8 Å². The van der Waals surface area contributed by atoms with Crippen LogP contribution in [0.5, 0.6) is 5.75 Å². The number of nitrogens with zero attached hydrogens (tertiary/aromatic N) is 5. The molecule has 0 saturated carbocycles. The molecule has 0 aliphatic carbocycles. The number of aliphatic imine (C=N–C) groups is 1. The fourth-order valence-electron chi connectivity index (χ4n) is 2.84. The molecule has 0 radical (unpaired) electrons. The smallest absolute Gasteiger partial charge is 0.368 e. The number of hydrogen-bond acceptors (Lipinski definition) is 6. The Morgan fingerprint density at radius 1 is 1.31 bits per heavy atom. The van der Waals surface area contributed by atoms with E-state index in [9.17, 15) is 4.79 Å². The molecule has 8 nitrogen and oxygen atoms in total. The number of nitrogens with two attached hydrogens (primary N) is 1. The van der Waals surface area contributed by atoms with E-state index in [-0.39, 0.29) is 12.3 Å². The number of rotatable bonds is 6. The molecule has 0 atom stereocenters. The molecule has 0 aliphatic heterocycles. The Morgan fingerprint density at radius 3 is 2.72 bits per heavy atom. The van der Waals surface area contributed by atoms with Crippen molar-refractivity contribution in [3.05, 3.63) is 74.8 Å². The van der Waals surface area contributed by atoms with Crippen molar-refractivity contribution in [1.82, 2.24) is 19.8 Å². The number of halogens is 1. The van der Waals surface area contributed by atoms with Gasteiger partial charge in [-0.1, -0.05) is 29.8 Å². The molecule has 0 spiro atoms. The monoisotopic (exact) mass is 412 g/mol. The van der Waals surface area contributed by atoms with E-state index in [2.05, 4.69) is 15.4 Å².